The molecule has 0 bridgehead atoms. The highest BCUT2D eigenvalue weighted by atomic mass is 32.2. The Morgan fingerprint density at radius 2 is 2.00 bits per heavy atom. The highest BCUT2D eigenvalue weighted by Crippen LogP contribution is 2.26. The maximum absolute atomic E-state index is 12.1. The Hall–Kier alpha value is -1.55. The van der Waals surface area contributed by atoms with Crippen LogP contribution in [0.3, 0.4) is 0 Å². The Morgan fingerprint density at radius 1 is 1.24 bits per heavy atom. The number of rotatable bonds is 3. The molecule has 0 aliphatic carbocycles. The van der Waals surface area contributed by atoms with Gasteiger partial charge in [-0.05, 0) is 43.9 Å². The van der Waals surface area contributed by atoms with Gasteiger partial charge in [0.05, 0.1) is 11.3 Å². The molecule has 1 saturated heterocycles. The Morgan fingerprint density at radius 3 is 2.76 bits per heavy atom. The van der Waals surface area contributed by atoms with Gasteiger partial charge < -0.3 is 4.90 Å². The first kappa shape index (κ1) is 14.4. The third-order valence-corrected chi connectivity index (χ3v) is 5.06. The number of carbonyl (C=O) groups excluding carboxylic acids is 1. The highest BCUT2D eigenvalue weighted by Gasteiger charge is 2.18. The van der Waals surface area contributed by atoms with Crippen molar-refractivity contribution in [3.63, 3.8) is 0 Å². The molecule has 2 aromatic rings. The van der Waals surface area contributed by atoms with E-state index in [4.69, 9.17) is 4.98 Å². The average Bonchev–Trinajstić information content (AvgIpc) is 2.99. The molecule has 1 amide bonds. The molecule has 0 saturated carbocycles. The van der Waals surface area contributed by atoms with E-state index in [1.54, 1.807) is 11.8 Å². The number of hydrogen-bond donors (Lipinski definition) is 0. The zero-order valence-electron chi connectivity index (χ0n) is 12.6. The second-order valence-corrected chi connectivity index (χ2v) is 6.60. The van der Waals surface area contributed by atoms with Crippen molar-refractivity contribution < 1.29 is 4.79 Å². The number of amides is 1. The molecule has 1 aromatic heterocycles. The van der Waals surface area contributed by atoms with Crippen LogP contribution < -0.4 is 0 Å². The van der Waals surface area contributed by atoms with Crippen molar-refractivity contribution in [3.8, 4) is 0 Å². The van der Waals surface area contributed by atoms with Gasteiger partial charge in [0.1, 0.15) is 5.03 Å². The number of hydrogen-bond acceptors (Lipinski definition) is 3. The smallest absolute Gasteiger partial charge is 0.232 e. The van der Waals surface area contributed by atoms with Gasteiger partial charge in [0.25, 0.3) is 0 Å². The van der Waals surface area contributed by atoms with E-state index in [1.807, 2.05) is 4.90 Å². The lowest BCUT2D eigenvalue weighted by Gasteiger charge is -2.15. The first-order chi connectivity index (χ1) is 10.1. The summed E-state index contributed by atoms with van der Waals surface area (Å²) < 4.78 is 0. The second kappa shape index (κ2) is 6.06. The molecular weight excluding hydrogens is 280 g/mol. The summed E-state index contributed by atoms with van der Waals surface area (Å²) in [5.41, 5.74) is 3.37. The van der Waals surface area contributed by atoms with E-state index in [0.717, 1.165) is 42.0 Å². The molecule has 1 fully saturated rings. The van der Waals surface area contributed by atoms with Crippen LogP contribution in [0.5, 0.6) is 0 Å². The van der Waals surface area contributed by atoms with Gasteiger partial charge in [-0.2, -0.15) is 0 Å². The fourth-order valence-corrected chi connectivity index (χ4v) is 3.65. The van der Waals surface area contributed by atoms with Crippen molar-refractivity contribution in [2.75, 3.05) is 18.8 Å². The van der Waals surface area contributed by atoms with Crippen molar-refractivity contribution in [1.82, 2.24) is 9.88 Å². The van der Waals surface area contributed by atoms with Crippen molar-refractivity contribution in [2.24, 2.45) is 0 Å². The van der Waals surface area contributed by atoms with Crippen molar-refractivity contribution in [1.29, 1.82) is 0 Å². The zero-order chi connectivity index (χ0) is 14.8. The summed E-state index contributed by atoms with van der Waals surface area (Å²) in [5.74, 6) is 0.731. The quantitative estimate of drug-likeness (QED) is 0.813. The van der Waals surface area contributed by atoms with Crippen LogP contribution in [-0.4, -0.2) is 34.6 Å². The molecule has 0 unspecified atom stereocenters. The van der Waals surface area contributed by atoms with Gasteiger partial charge in [-0.3, -0.25) is 4.79 Å². The minimum Gasteiger partial charge on any atom is -0.342 e. The molecule has 0 N–H and O–H groups in total. The van der Waals surface area contributed by atoms with Crippen LogP contribution in [0, 0.1) is 13.8 Å². The second-order valence-electron chi connectivity index (χ2n) is 5.63. The molecule has 3 rings (SSSR count). The Labute approximate surface area is 129 Å². The number of aromatic nitrogens is 1. The molecule has 110 valence electrons. The van der Waals surface area contributed by atoms with Crippen molar-refractivity contribution in [3.05, 3.63) is 35.4 Å². The van der Waals surface area contributed by atoms with Gasteiger partial charge in [0.2, 0.25) is 5.91 Å². The van der Waals surface area contributed by atoms with Gasteiger partial charge in [-0.1, -0.05) is 30.0 Å². The molecule has 1 aliphatic heterocycles. The number of aryl methyl sites for hydroxylation is 2. The molecule has 21 heavy (non-hydrogen) atoms. The number of nitrogens with zero attached hydrogens (tertiary/aromatic N) is 2. The van der Waals surface area contributed by atoms with E-state index in [0.29, 0.717) is 5.75 Å². The summed E-state index contributed by atoms with van der Waals surface area (Å²) in [6.07, 6.45) is 2.28. The third-order valence-electron chi connectivity index (χ3n) is 3.98. The minimum absolute atomic E-state index is 0.239. The Balaban J connectivity index is 1.78. The predicted molar refractivity (Wildman–Crippen MR) is 87.8 cm³/mol. The SMILES string of the molecule is Cc1cc2cccc(C)c2nc1SCC(=O)N1CCCC1. The van der Waals surface area contributed by atoms with Crippen LogP contribution in [0.1, 0.15) is 24.0 Å². The normalized spacial score (nSPS) is 14.9. The number of thioether (sulfide) groups is 1. The van der Waals surface area contributed by atoms with Gasteiger partial charge in [0, 0.05) is 18.5 Å². The first-order valence-electron chi connectivity index (χ1n) is 7.43. The summed E-state index contributed by atoms with van der Waals surface area (Å²) in [6, 6.07) is 8.39. The summed E-state index contributed by atoms with van der Waals surface area (Å²) >= 11 is 1.56. The van der Waals surface area contributed by atoms with Crippen molar-refractivity contribution in [2.45, 2.75) is 31.7 Å². The van der Waals surface area contributed by atoms with Gasteiger partial charge >= 0.3 is 0 Å². The van der Waals surface area contributed by atoms with Gasteiger partial charge in [0.15, 0.2) is 0 Å². The minimum atomic E-state index is 0.239. The van der Waals surface area contributed by atoms with E-state index in [-0.39, 0.29) is 5.91 Å². The number of pyridine rings is 1. The van der Waals surface area contributed by atoms with Crippen LogP contribution in [0.4, 0.5) is 0 Å². The lowest BCUT2D eigenvalue weighted by molar-refractivity contribution is -0.127. The topological polar surface area (TPSA) is 33.2 Å². The Bertz CT molecular complexity index is 678. The molecule has 3 nitrogen and oxygen atoms in total. The van der Waals surface area contributed by atoms with Crippen molar-refractivity contribution >= 4 is 28.6 Å². The molecular formula is C17H20N2OS. The van der Waals surface area contributed by atoms with E-state index >= 15 is 0 Å². The lowest BCUT2D eigenvalue weighted by atomic mass is 10.1. The summed E-state index contributed by atoms with van der Waals surface area (Å²) in [7, 11) is 0. The fourth-order valence-electron chi connectivity index (χ4n) is 2.77. The largest absolute Gasteiger partial charge is 0.342 e. The number of carbonyl (C=O) groups is 1. The maximum Gasteiger partial charge on any atom is 0.232 e. The molecule has 1 aliphatic rings. The fraction of sp³-hybridized carbons (Fsp3) is 0.412. The summed E-state index contributed by atoms with van der Waals surface area (Å²) in [6.45, 7) is 5.98. The lowest BCUT2D eigenvalue weighted by Crippen LogP contribution is -2.29. The molecule has 2 heterocycles. The molecule has 0 spiro atoms. The van der Waals surface area contributed by atoms with E-state index in [1.165, 1.54) is 10.9 Å². The summed E-state index contributed by atoms with van der Waals surface area (Å²) in [5, 5.41) is 2.15. The molecule has 4 heteroatoms. The molecule has 0 atom stereocenters. The third kappa shape index (κ3) is 3.05. The maximum atomic E-state index is 12.1. The average molecular weight is 300 g/mol. The Kier molecular flexibility index (Phi) is 4.15. The van der Waals surface area contributed by atoms with Gasteiger partial charge in [-0.25, -0.2) is 4.98 Å². The van der Waals surface area contributed by atoms with Crippen LogP contribution in [-0.2, 0) is 4.79 Å². The highest BCUT2D eigenvalue weighted by molar-refractivity contribution is 7.99. The predicted octanol–water partition coefficient (Wildman–Crippen LogP) is 3.57. The standard InChI is InChI=1S/C17H20N2OS/c1-12-6-5-7-14-10-13(2)17(18-16(12)14)21-11-15(20)19-8-3-4-9-19/h5-7,10H,3-4,8-9,11H2,1-2H3. The van der Waals surface area contributed by atoms with Crippen LogP contribution in [0.2, 0.25) is 0 Å². The molecule has 0 radical (unpaired) electrons. The van der Waals surface area contributed by atoms with E-state index in [9.17, 15) is 4.79 Å². The van der Waals surface area contributed by atoms with Crippen LogP contribution >= 0.6 is 11.8 Å². The number of benzene rings is 1. The zero-order valence-corrected chi connectivity index (χ0v) is 13.4. The number of fused-ring (bicyclic) bond motifs is 1. The summed E-state index contributed by atoms with van der Waals surface area (Å²) in [4.78, 5) is 18.9. The van der Waals surface area contributed by atoms with E-state index < -0.39 is 0 Å². The monoisotopic (exact) mass is 300 g/mol. The molecule has 1 aromatic carbocycles. The van der Waals surface area contributed by atoms with E-state index in [2.05, 4.69) is 38.1 Å². The number of para-hydroxylation sites is 1. The van der Waals surface area contributed by atoms with Gasteiger partial charge in [-0.15, -0.1) is 0 Å². The first-order valence-corrected chi connectivity index (χ1v) is 8.41. The van der Waals surface area contributed by atoms with Crippen LogP contribution in [0.15, 0.2) is 29.3 Å². The number of likely N-dealkylation sites (tertiary alicyclic amines) is 1. The van der Waals surface area contributed by atoms with Crippen LogP contribution in [0.25, 0.3) is 10.9 Å².